The number of hydrogen-bond donors (Lipinski definition) is 5. The summed E-state index contributed by atoms with van der Waals surface area (Å²) in [6.07, 6.45) is 1.27. The minimum Gasteiger partial charge on any atom is -0.480 e. The van der Waals surface area contributed by atoms with Crippen LogP contribution >= 0.6 is 0 Å². The first-order valence-corrected chi connectivity index (χ1v) is 13.4. The zero-order valence-corrected chi connectivity index (χ0v) is 23.8. The molecule has 0 bridgehead atoms. The number of carbonyl (C=O) groups excluding carboxylic acids is 5. The molecule has 2 rings (SSSR count). The fourth-order valence-corrected chi connectivity index (χ4v) is 4.16. The molecule has 40 heavy (non-hydrogen) atoms. The van der Waals surface area contributed by atoms with Crippen LogP contribution in [0.5, 0.6) is 0 Å². The van der Waals surface area contributed by atoms with Crippen molar-refractivity contribution >= 4 is 35.5 Å². The minimum atomic E-state index is -1.35. The Bertz CT molecular complexity index is 1080. The molecule has 0 aromatic heterocycles. The molecule has 0 radical (unpaired) electrons. The van der Waals surface area contributed by atoms with E-state index in [1.165, 1.54) is 4.90 Å². The first-order chi connectivity index (χ1) is 18.7. The van der Waals surface area contributed by atoms with Gasteiger partial charge in [0.2, 0.25) is 23.6 Å². The van der Waals surface area contributed by atoms with Gasteiger partial charge in [0, 0.05) is 24.1 Å². The number of rotatable bonds is 12. The standard InChI is InChI=1S/C28H41N5O7/c1-17(2)14-19(24(36)29-15-20(26(38)39)32-27(40)28(3,4)5)31-25(37)21-12-9-13-33(21)22(34)16-30-23(35)18-10-7-6-8-11-18/h6-8,10-11,17,19-21H,9,12-16H2,1-5H3,(H,29,36)(H,30,35)(H,31,37)(H,32,40)(H,38,39)/t19-,20-,21-/m0/s1. The fourth-order valence-electron chi connectivity index (χ4n) is 4.16. The topological polar surface area (TPSA) is 174 Å². The highest BCUT2D eigenvalue weighted by Gasteiger charge is 2.36. The lowest BCUT2D eigenvalue weighted by Crippen LogP contribution is -2.56. The molecule has 1 aromatic rings. The largest absolute Gasteiger partial charge is 0.480 e. The van der Waals surface area contributed by atoms with Gasteiger partial charge in [0.1, 0.15) is 18.1 Å². The smallest absolute Gasteiger partial charge is 0.328 e. The molecule has 1 heterocycles. The van der Waals surface area contributed by atoms with Crippen molar-refractivity contribution in [3.8, 4) is 0 Å². The summed E-state index contributed by atoms with van der Waals surface area (Å²) in [4.78, 5) is 76.6. The van der Waals surface area contributed by atoms with Gasteiger partial charge in [-0.25, -0.2) is 4.79 Å². The third-order valence-corrected chi connectivity index (χ3v) is 6.42. The van der Waals surface area contributed by atoms with Gasteiger partial charge in [0.15, 0.2) is 0 Å². The number of hydrogen-bond acceptors (Lipinski definition) is 6. The number of likely N-dealkylation sites (tertiary alicyclic amines) is 1. The number of carboxylic acid groups (broad SMARTS) is 1. The van der Waals surface area contributed by atoms with Crippen molar-refractivity contribution in [2.75, 3.05) is 19.6 Å². The molecular weight excluding hydrogens is 518 g/mol. The van der Waals surface area contributed by atoms with E-state index in [0.717, 1.165) is 0 Å². The summed E-state index contributed by atoms with van der Waals surface area (Å²) in [5.74, 6) is -3.68. The molecule has 5 N–H and O–H groups in total. The van der Waals surface area contributed by atoms with E-state index >= 15 is 0 Å². The Morgan fingerprint density at radius 3 is 2.20 bits per heavy atom. The Labute approximate surface area is 234 Å². The number of amides is 5. The maximum Gasteiger partial charge on any atom is 0.328 e. The van der Waals surface area contributed by atoms with Crippen LogP contribution in [0.1, 0.15) is 64.2 Å². The number of aliphatic carboxylic acids is 1. The second kappa shape index (κ2) is 14.4. The molecule has 12 heteroatoms. The monoisotopic (exact) mass is 559 g/mol. The Hall–Kier alpha value is -3.96. The Balaban J connectivity index is 2.00. The summed E-state index contributed by atoms with van der Waals surface area (Å²) in [6.45, 7) is 8.37. The third-order valence-electron chi connectivity index (χ3n) is 6.42. The second-order valence-corrected chi connectivity index (χ2v) is 11.3. The van der Waals surface area contributed by atoms with E-state index < -0.39 is 59.0 Å². The average molecular weight is 560 g/mol. The van der Waals surface area contributed by atoms with Crippen LogP contribution in [0, 0.1) is 11.3 Å². The van der Waals surface area contributed by atoms with Crippen LogP contribution < -0.4 is 21.3 Å². The molecule has 1 aliphatic rings. The number of carbonyl (C=O) groups is 6. The average Bonchev–Trinajstić information content (AvgIpc) is 3.38. The van der Waals surface area contributed by atoms with E-state index in [9.17, 15) is 33.9 Å². The lowest BCUT2D eigenvalue weighted by molar-refractivity contribution is -0.143. The van der Waals surface area contributed by atoms with Gasteiger partial charge in [0.05, 0.1) is 6.54 Å². The Morgan fingerprint density at radius 2 is 1.62 bits per heavy atom. The molecule has 5 amide bonds. The Kier molecular flexibility index (Phi) is 11.6. The van der Waals surface area contributed by atoms with Gasteiger partial charge >= 0.3 is 5.97 Å². The lowest BCUT2D eigenvalue weighted by atomic mass is 9.95. The van der Waals surface area contributed by atoms with Crippen LogP contribution in [0.25, 0.3) is 0 Å². The van der Waals surface area contributed by atoms with Crippen LogP contribution in [0.2, 0.25) is 0 Å². The van der Waals surface area contributed by atoms with Crippen LogP contribution in [-0.4, -0.2) is 83.3 Å². The minimum absolute atomic E-state index is 0.0152. The van der Waals surface area contributed by atoms with Gasteiger partial charge in [-0.3, -0.25) is 24.0 Å². The summed E-state index contributed by atoms with van der Waals surface area (Å²) in [5, 5.41) is 19.7. The predicted octanol–water partition coefficient (Wildman–Crippen LogP) is 0.670. The normalized spacial score (nSPS) is 16.6. The molecule has 0 aliphatic carbocycles. The zero-order valence-electron chi connectivity index (χ0n) is 23.8. The molecule has 220 valence electrons. The van der Waals surface area contributed by atoms with Gasteiger partial charge in [-0.05, 0) is 37.3 Å². The summed E-state index contributed by atoms with van der Waals surface area (Å²) in [7, 11) is 0. The molecule has 3 atom stereocenters. The van der Waals surface area contributed by atoms with E-state index in [0.29, 0.717) is 24.9 Å². The quantitative estimate of drug-likeness (QED) is 0.250. The van der Waals surface area contributed by atoms with Gasteiger partial charge in [-0.1, -0.05) is 52.8 Å². The molecule has 1 aliphatic heterocycles. The summed E-state index contributed by atoms with van der Waals surface area (Å²) in [5.41, 5.74) is -0.405. The first kappa shape index (κ1) is 32.3. The van der Waals surface area contributed by atoms with E-state index in [1.807, 2.05) is 13.8 Å². The summed E-state index contributed by atoms with van der Waals surface area (Å²) < 4.78 is 0. The van der Waals surface area contributed by atoms with Crippen LogP contribution in [0.3, 0.4) is 0 Å². The van der Waals surface area contributed by atoms with Crippen LogP contribution in [-0.2, 0) is 24.0 Å². The molecule has 0 saturated carbocycles. The van der Waals surface area contributed by atoms with E-state index in [1.54, 1.807) is 51.1 Å². The van der Waals surface area contributed by atoms with Crippen molar-refractivity contribution in [3.05, 3.63) is 35.9 Å². The van der Waals surface area contributed by atoms with Gasteiger partial charge < -0.3 is 31.3 Å². The molecule has 1 fully saturated rings. The SMILES string of the molecule is CC(C)C[C@H](NC(=O)[C@@H]1CCCN1C(=O)CNC(=O)c1ccccc1)C(=O)NC[C@H](NC(=O)C(C)(C)C)C(=O)O. The highest BCUT2D eigenvalue weighted by Crippen LogP contribution is 2.18. The maximum atomic E-state index is 13.2. The zero-order chi connectivity index (χ0) is 30.0. The third kappa shape index (κ3) is 9.65. The number of nitrogens with zero attached hydrogens (tertiary/aromatic N) is 1. The highest BCUT2D eigenvalue weighted by atomic mass is 16.4. The Morgan fingerprint density at radius 1 is 0.975 bits per heavy atom. The van der Waals surface area contributed by atoms with Gasteiger partial charge in [-0.15, -0.1) is 0 Å². The van der Waals surface area contributed by atoms with Crippen molar-refractivity contribution in [1.29, 1.82) is 0 Å². The van der Waals surface area contributed by atoms with Crippen LogP contribution in [0.15, 0.2) is 30.3 Å². The van der Waals surface area contributed by atoms with Crippen molar-refractivity contribution in [3.63, 3.8) is 0 Å². The molecule has 0 spiro atoms. The first-order valence-electron chi connectivity index (χ1n) is 13.4. The van der Waals surface area contributed by atoms with Crippen molar-refractivity contribution in [2.45, 2.75) is 72.0 Å². The number of carboxylic acids is 1. The van der Waals surface area contributed by atoms with Crippen molar-refractivity contribution < 1.29 is 33.9 Å². The number of nitrogens with one attached hydrogen (secondary N) is 4. The number of benzene rings is 1. The summed E-state index contributed by atoms with van der Waals surface area (Å²) >= 11 is 0. The van der Waals surface area contributed by atoms with Crippen molar-refractivity contribution in [1.82, 2.24) is 26.2 Å². The van der Waals surface area contributed by atoms with Crippen LogP contribution in [0.4, 0.5) is 0 Å². The van der Waals surface area contributed by atoms with Gasteiger partial charge in [-0.2, -0.15) is 0 Å². The molecular formula is C28H41N5O7. The molecule has 1 aromatic carbocycles. The highest BCUT2D eigenvalue weighted by molar-refractivity contribution is 5.97. The van der Waals surface area contributed by atoms with Crippen molar-refractivity contribution in [2.24, 2.45) is 11.3 Å². The van der Waals surface area contributed by atoms with Gasteiger partial charge in [0.25, 0.3) is 5.91 Å². The van der Waals surface area contributed by atoms with E-state index in [-0.39, 0.29) is 25.4 Å². The predicted molar refractivity (Wildman–Crippen MR) is 147 cm³/mol. The maximum absolute atomic E-state index is 13.2. The molecule has 0 unspecified atom stereocenters. The molecule has 12 nitrogen and oxygen atoms in total. The fraction of sp³-hybridized carbons (Fsp3) is 0.571. The van der Waals surface area contributed by atoms with E-state index in [4.69, 9.17) is 0 Å². The van der Waals surface area contributed by atoms with E-state index in [2.05, 4.69) is 21.3 Å². The molecule has 1 saturated heterocycles. The lowest BCUT2D eigenvalue weighted by Gasteiger charge is -2.27. The summed E-state index contributed by atoms with van der Waals surface area (Å²) in [6, 6.07) is 5.33. The second-order valence-electron chi connectivity index (χ2n) is 11.3.